The quantitative estimate of drug-likeness (QED) is 0.326. The van der Waals surface area contributed by atoms with Crippen molar-refractivity contribution in [2.45, 2.75) is 51.8 Å². The summed E-state index contributed by atoms with van der Waals surface area (Å²) in [5, 5.41) is 21.5. The number of halogens is 1. The molecule has 9 heteroatoms. The van der Waals surface area contributed by atoms with Gasteiger partial charge in [0.15, 0.2) is 11.8 Å². The van der Waals surface area contributed by atoms with Crippen LogP contribution in [0.2, 0.25) is 0 Å². The number of guanidine groups is 1. The molecule has 2 aromatic rings. The van der Waals surface area contributed by atoms with E-state index in [2.05, 4.69) is 37.6 Å². The van der Waals surface area contributed by atoms with Crippen molar-refractivity contribution < 1.29 is 5.11 Å². The van der Waals surface area contributed by atoms with Crippen LogP contribution < -0.4 is 10.6 Å². The maximum absolute atomic E-state index is 10.3. The van der Waals surface area contributed by atoms with E-state index < -0.39 is 6.10 Å². The Balaban J connectivity index is 0.00000261. The predicted octanol–water partition coefficient (Wildman–Crippen LogP) is 1.46. The van der Waals surface area contributed by atoms with Gasteiger partial charge in [-0.25, -0.2) is 9.67 Å². The van der Waals surface area contributed by atoms with Gasteiger partial charge in [-0.2, -0.15) is 5.10 Å². The zero-order valence-corrected chi connectivity index (χ0v) is 18.1. The summed E-state index contributed by atoms with van der Waals surface area (Å²) in [7, 11) is 0. The Morgan fingerprint density at radius 3 is 2.85 bits per heavy atom. The number of aliphatic imine (C=N–C) groups is 1. The molecular weight excluding hydrogens is 457 g/mol. The first-order valence-corrected chi connectivity index (χ1v) is 9.25. The molecule has 0 aromatic carbocycles. The molecule has 8 nitrogen and oxygen atoms in total. The van der Waals surface area contributed by atoms with Crippen molar-refractivity contribution in [2.24, 2.45) is 4.99 Å². The van der Waals surface area contributed by atoms with Crippen molar-refractivity contribution in [1.82, 2.24) is 30.4 Å². The number of aryl methyl sites for hydroxylation is 2. The lowest BCUT2D eigenvalue weighted by molar-refractivity contribution is 0.187. The van der Waals surface area contributed by atoms with E-state index in [1.165, 1.54) is 0 Å². The first-order valence-electron chi connectivity index (χ1n) is 9.25. The number of aromatic nitrogens is 4. The molecule has 3 N–H and O–H groups in total. The molecule has 0 saturated heterocycles. The zero-order chi connectivity index (χ0) is 18.4. The lowest BCUT2D eigenvalue weighted by atomic mass is 10.1. The molecule has 0 radical (unpaired) electrons. The third-order valence-corrected chi connectivity index (χ3v) is 4.42. The topological polar surface area (TPSA) is 100 Å². The highest BCUT2D eigenvalue weighted by Gasteiger charge is 2.22. The second kappa shape index (κ2) is 10.5. The largest absolute Gasteiger partial charge is 0.386 e. The van der Waals surface area contributed by atoms with E-state index in [0.29, 0.717) is 12.5 Å². The van der Waals surface area contributed by atoms with Crippen molar-refractivity contribution in [2.75, 3.05) is 13.1 Å². The molecule has 1 aliphatic rings. The number of rotatable bonds is 6. The number of nitrogens with zero attached hydrogens (tertiary/aromatic N) is 5. The van der Waals surface area contributed by atoms with Gasteiger partial charge in [-0.3, -0.25) is 9.98 Å². The van der Waals surface area contributed by atoms with Crippen LogP contribution in [-0.2, 0) is 19.4 Å². The molecule has 3 rings (SSSR count). The van der Waals surface area contributed by atoms with Crippen LogP contribution in [-0.4, -0.2) is 49.9 Å². The van der Waals surface area contributed by atoms with Crippen LogP contribution in [0.15, 0.2) is 29.5 Å². The van der Waals surface area contributed by atoms with E-state index >= 15 is 0 Å². The zero-order valence-electron chi connectivity index (χ0n) is 15.8. The summed E-state index contributed by atoms with van der Waals surface area (Å²) >= 11 is 0. The molecule has 0 fully saturated rings. The van der Waals surface area contributed by atoms with Gasteiger partial charge in [-0.1, -0.05) is 6.92 Å². The molecular formula is C18H28IN7O. The monoisotopic (exact) mass is 485 g/mol. The number of pyridine rings is 1. The fourth-order valence-electron chi connectivity index (χ4n) is 3.01. The molecule has 0 bridgehead atoms. The van der Waals surface area contributed by atoms with Crippen molar-refractivity contribution in [3.63, 3.8) is 0 Å². The van der Waals surface area contributed by atoms with Gasteiger partial charge in [-0.15, -0.1) is 24.0 Å². The summed E-state index contributed by atoms with van der Waals surface area (Å²) < 4.78 is 2.00. The van der Waals surface area contributed by atoms with E-state index in [4.69, 9.17) is 0 Å². The minimum absolute atomic E-state index is 0. The highest BCUT2D eigenvalue weighted by atomic mass is 127. The minimum Gasteiger partial charge on any atom is -0.386 e. The fourth-order valence-corrected chi connectivity index (χ4v) is 3.01. The van der Waals surface area contributed by atoms with E-state index in [-0.39, 0.29) is 30.0 Å². The minimum atomic E-state index is -0.645. The number of hydrogen-bond donors (Lipinski definition) is 3. The molecule has 0 aliphatic carbocycles. The second-order valence-electron chi connectivity index (χ2n) is 6.38. The van der Waals surface area contributed by atoms with E-state index in [0.717, 1.165) is 49.6 Å². The van der Waals surface area contributed by atoms with Gasteiger partial charge in [0, 0.05) is 37.8 Å². The summed E-state index contributed by atoms with van der Waals surface area (Å²) in [5.74, 6) is 2.68. The van der Waals surface area contributed by atoms with Crippen LogP contribution in [0.3, 0.4) is 0 Å². The van der Waals surface area contributed by atoms with E-state index in [9.17, 15) is 5.11 Å². The van der Waals surface area contributed by atoms with Gasteiger partial charge in [0.05, 0.1) is 19.2 Å². The lowest BCUT2D eigenvalue weighted by Gasteiger charge is -2.25. The highest BCUT2D eigenvalue weighted by Crippen LogP contribution is 2.14. The maximum atomic E-state index is 10.3. The first-order chi connectivity index (χ1) is 12.7. The molecule has 3 heterocycles. The molecule has 2 atom stereocenters. The van der Waals surface area contributed by atoms with E-state index in [1.54, 1.807) is 24.5 Å². The van der Waals surface area contributed by atoms with Gasteiger partial charge in [0.1, 0.15) is 5.82 Å². The number of nitrogens with one attached hydrogen (secondary N) is 2. The van der Waals surface area contributed by atoms with E-state index in [1.807, 2.05) is 11.6 Å². The van der Waals surface area contributed by atoms with Gasteiger partial charge in [0.2, 0.25) is 0 Å². The van der Waals surface area contributed by atoms with Crippen molar-refractivity contribution >= 4 is 29.9 Å². The summed E-state index contributed by atoms with van der Waals surface area (Å²) in [5.41, 5.74) is 0.816. The Morgan fingerprint density at radius 1 is 1.37 bits per heavy atom. The van der Waals surface area contributed by atoms with Crippen LogP contribution in [0.25, 0.3) is 0 Å². The van der Waals surface area contributed by atoms with Crippen molar-refractivity contribution in [3.05, 3.63) is 41.7 Å². The molecule has 0 saturated carbocycles. The van der Waals surface area contributed by atoms with Crippen LogP contribution in [0.4, 0.5) is 0 Å². The summed E-state index contributed by atoms with van der Waals surface area (Å²) in [6.45, 7) is 5.93. The Morgan fingerprint density at radius 2 is 2.15 bits per heavy atom. The molecule has 0 spiro atoms. The SMILES string of the molecule is CCNC(=NCC(O)c1ccncc1)NC1CCc2nc(CC)nn2C1.I. The second-order valence-corrected chi connectivity index (χ2v) is 6.38. The number of aliphatic hydroxyl groups excluding tert-OH is 1. The lowest BCUT2D eigenvalue weighted by Crippen LogP contribution is -2.47. The number of hydrogen-bond acceptors (Lipinski definition) is 5. The van der Waals surface area contributed by atoms with Gasteiger partial charge in [0.25, 0.3) is 0 Å². The van der Waals surface area contributed by atoms with Gasteiger partial charge < -0.3 is 15.7 Å². The average molecular weight is 485 g/mol. The van der Waals surface area contributed by atoms with Crippen LogP contribution in [0, 0.1) is 0 Å². The summed E-state index contributed by atoms with van der Waals surface area (Å²) in [6, 6.07) is 3.85. The van der Waals surface area contributed by atoms with Gasteiger partial charge in [-0.05, 0) is 31.0 Å². The van der Waals surface area contributed by atoms with Gasteiger partial charge >= 0.3 is 0 Å². The van der Waals surface area contributed by atoms with Crippen LogP contribution in [0.1, 0.15) is 43.6 Å². The molecule has 148 valence electrons. The van der Waals surface area contributed by atoms with Crippen molar-refractivity contribution in [3.8, 4) is 0 Å². The normalized spacial score (nSPS) is 17.6. The standard InChI is InChI=1S/C18H27N7O.HI/c1-3-16-23-17-6-5-14(12-25(17)24-16)22-18(20-4-2)21-11-15(26)13-7-9-19-10-8-13;/h7-10,14-15,26H,3-6,11-12H2,1-2H3,(H2,20,21,22);1H. The molecule has 27 heavy (non-hydrogen) atoms. The predicted molar refractivity (Wildman–Crippen MR) is 115 cm³/mol. The van der Waals surface area contributed by atoms with Crippen molar-refractivity contribution in [1.29, 1.82) is 0 Å². The Kier molecular flexibility index (Phi) is 8.42. The molecule has 1 aliphatic heterocycles. The third kappa shape index (κ3) is 5.86. The summed E-state index contributed by atoms with van der Waals surface area (Å²) in [6.07, 6.45) is 5.45. The highest BCUT2D eigenvalue weighted by molar-refractivity contribution is 14.0. The number of fused-ring (bicyclic) bond motifs is 1. The summed E-state index contributed by atoms with van der Waals surface area (Å²) in [4.78, 5) is 13.1. The maximum Gasteiger partial charge on any atom is 0.191 e. The smallest absolute Gasteiger partial charge is 0.191 e. The Hall–Kier alpha value is -1.75. The van der Waals surface area contributed by atoms with Crippen LogP contribution >= 0.6 is 24.0 Å². The Bertz CT molecular complexity index is 735. The van der Waals surface area contributed by atoms with Crippen LogP contribution in [0.5, 0.6) is 0 Å². The molecule has 2 aromatic heterocycles. The average Bonchev–Trinajstić information content (AvgIpc) is 3.09. The Labute approximate surface area is 176 Å². The third-order valence-electron chi connectivity index (χ3n) is 4.42. The molecule has 0 amide bonds. The fraction of sp³-hybridized carbons (Fsp3) is 0.556. The first kappa shape index (κ1) is 21.5. The number of aliphatic hydroxyl groups is 1. The molecule has 2 unspecified atom stereocenters.